The topological polar surface area (TPSA) is 59.4 Å². The molecule has 0 saturated carbocycles. The van der Waals surface area contributed by atoms with Crippen LogP contribution in [-0.2, 0) is 4.79 Å². The number of esters is 1. The van der Waals surface area contributed by atoms with E-state index in [1.54, 1.807) is 26.0 Å². The van der Waals surface area contributed by atoms with Crippen molar-refractivity contribution in [3.8, 4) is 33.8 Å². The van der Waals surface area contributed by atoms with Crippen molar-refractivity contribution < 1.29 is 14.3 Å². The minimum atomic E-state index is -0.440. The fourth-order valence-corrected chi connectivity index (χ4v) is 3.15. The van der Waals surface area contributed by atoms with Crippen LogP contribution in [-0.4, -0.2) is 11.9 Å². The SMILES string of the molecule is C=C(C)C(=N)Oc1ccc(-c2ccc(-c3ccc(OC(=O)C(=C)C)cc3)cc2C(=C)C)cc1. The Labute approximate surface area is 195 Å². The summed E-state index contributed by atoms with van der Waals surface area (Å²) in [7, 11) is 0. The summed E-state index contributed by atoms with van der Waals surface area (Å²) in [5, 5.41) is 7.80. The summed E-state index contributed by atoms with van der Waals surface area (Å²) < 4.78 is 10.8. The van der Waals surface area contributed by atoms with Crippen LogP contribution in [0.4, 0.5) is 0 Å². The number of hydrogen-bond donors (Lipinski definition) is 1. The monoisotopic (exact) mass is 437 g/mol. The van der Waals surface area contributed by atoms with Gasteiger partial charge in [-0.15, -0.1) is 0 Å². The minimum Gasteiger partial charge on any atom is -0.439 e. The Bertz CT molecular complexity index is 1250. The van der Waals surface area contributed by atoms with Gasteiger partial charge in [-0.1, -0.05) is 61.7 Å². The summed E-state index contributed by atoms with van der Waals surface area (Å²) in [5.74, 6) is 0.679. The van der Waals surface area contributed by atoms with Crippen molar-refractivity contribution in [2.75, 3.05) is 0 Å². The standard InChI is InChI=1S/C29H27NO3/c1-18(2)27-17-23(21-7-12-25(13-8-21)33-29(31)20(5)6)11-16-26(27)22-9-14-24(15-10-22)32-28(30)19(3)4/h7-17,30H,1,3,5H2,2,4,6H3. The van der Waals surface area contributed by atoms with Gasteiger partial charge in [-0.05, 0) is 78.9 Å². The van der Waals surface area contributed by atoms with E-state index in [1.165, 1.54) is 0 Å². The maximum atomic E-state index is 11.7. The second kappa shape index (κ2) is 9.96. The summed E-state index contributed by atoms with van der Waals surface area (Å²) in [6, 6.07) is 21.2. The molecule has 0 bridgehead atoms. The van der Waals surface area contributed by atoms with Gasteiger partial charge in [0.05, 0.1) is 0 Å². The van der Waals surface area contributed by atoms with Crippen LogP contribution < -0.4 is 9.47 Å². The molecule has 0 spiro atoms. The summed E-state index contributed by atoms with van der Waals surface area (Å²) in [5.41, 5.74) is 7.02. The Kier molecular flexibility index (Phi) is 7.09. The lowest BCUT2D eigenvalue weighted by Gasteiger charge is -2.14. The quantitative estimate of drug-likeness (QED) is 0.137. The van der Waals surface area contributed by atoms with Crippen molar-refractivity contribution in [2.24, 2.45) is 0 Å². The molecule has 3 aromatic rings. The van der Waals surface area contributed by atoms with Gasteiger partial charge in [0, 0.05) is 11.1 Å². The molecule has 166 valence electrons. The fraction of sp³-hybridized carbons (Fsp3) is 0.103. The number of carbonyl (C=O) groups excluding carboxylic acids is 1. The van der Waals surface area contributed by atoms with Crippen LogP contribution in [0.1, 0.15) is 26.3 Å². The second-order valence-corrected chi connectivity index (χ2v) is 7.97. The van der Waals surface area contributed by atoms with E-state index in [9.17, 15) is 4.79 Å². The first-order valence-corrected chi connectivity index (χ1v) is 10.5. The highest BCUT2D eigenvalue weighted by Gasteiger charge is 2.11. The van der Waals surface area contributed by atoms with E-state index < -0.39 is 5.97 Å². The molecule has 4 heteroatoms. The third kappa shape index (κ3) is 5.74. The molecule has 0 atom stereocenters. The summed E-state index contributed by atoms with van der Waals surface area (Å²) in [6.45, 7) is 16.8. The van der Waals surface area contributed by atoms with E-state index in [0.717, 1.165) is 33.4 Å². The number of nitrogens with one attached hydrogen (secondary N) is 1. The molecule has 3 aromatic carbocycles. The zero-order chi connectivity index (χ0) is 24.1. The van der Waals surface area contributed by atoms with Crippen molar-refractivity contribution in [2.45, 2.75) is 20.8 Å². The molecule has 0 heterocycles. The van der Waals surface area contributed by atoms with Gasteiger partial charge < -0.3 is 9.47 Å². The van der Waals surface area contributed by atoms with E-state index in [2.05, 4.69) is 37.9 Å². The molecule has 0 fully saturated rings. The first-order valence-electron chi connectivity index (χ1n) is 10.5. The van der Waals surface area contributed by atoms with Crippen LogP contribution in [0.2, 0.25) is 0 Å². The lowest BCUT2D eigenvalue weighted by molar-refractivity contribution is -0.130. The predicted molar refractivity (Wildman–Crippen MR) is 136 cm³/mol. The highest BCUT2D eigenvalue weighted by Crippen LogP contribution is 2.34. The van der Waals surface area contributed by atoms with Crippen LogP contribution in [0.3, 0.4) is 0 Å². The highest BCUT2D eigenvalue weighted by atomic mass is 16.5. The first kappa shape index (κ1) is 23.5. The maximum absolute atomic E-state index is 11.7. The zero-order valence-corrected chi connectivity index (χ0v) is 19.2. The van der Waals surface area contributed by atoms with E-state index in [0.29, 0.717) is 22.6 Å². The van der Waals surface area contributed by atoms with Gasteiger partial charge >= 0.3 is 5.97 Å². The molecular weight excluding hydrogens is 410 g/mol. The van der Waals surface area contributed by atoms with Gasteiger partial charge in [0.15, 0.2) is 0 Å². The molecule has 3 rings (SSSR count). The Morgan fingerprint density at radius 3 is 1.73 bits per heavy atom. The number of allylic oxidation sites excluding steroid dienone is 1. The average molecular weight is 438 g/mol. The normalized spacial score (nSPS) is 10.3. The highest BCUT2D eigenvalue weighted by molar-refractivity contribution is 5.91. The van der Waals surface area contributed by atoms with Gasteiger partial charge in [-0.2, -0.15) is 0 Å². The molecule has 4 nitrogen and oxygen atoms in total. The molecule has 0 aliphatic rings. The van der Waals surface area contributed by atoms with E-state index in [4.69, 9.17) is 14.9 Å². The van der Waals surface area contributed by atoms with Crippen molar-refractivity contribution in [1.29, 1.82) is 5.41 Å². The minimum absolute atomic E-state index is 0.0511. The fourth-order valence-electron chi connectivity index (χ4n) is 3.15. The van der Waals surface area contributed by atoms with Crippen molar-refractivity contribution in [3.63, 3.8) is 0 Å². The number of hydrogen-bond acceptors (Lipinski definition) is 4. The Hall–Kier alpha value is -4.18. The van der Waals surface area contributed by atoms with E-state index in [-0.39, 0.29) is 5.90 Å². The maximum Gasteiger partial charge on any atom is 0.338 e. The van der Waals surface area contributed by atoms with Gasteiger partial charge in [0.25, 0.3) is 0 Å². The molecule has 0 saturated heterocycles. The molecular formula is C29H27NO3. The van der Waals surface area contributed by atoms with Crippen molar-refractivity contribution in [3.05, 3.63) is 103 Å². The number of rotatable bonds is 7. The predicted octanol–water partition coefficient (Wildman–Crippen LogP) is 7.47. The summed E-state index contributed by atoms with van der Waals surface area (Å²) in [6.07, 6.45) is 0. The van der Waals surface area contributed by atoms with Crippen LogP contribution >= 0.6 is 0 Å². The van der Waals surface area contributed by atoms with Crippen molar-refractivity contribution >= 4 is 17.4 Å². The average Bonchev–Trinajstić information content (AvgIpc) is 2.79. The van der Waals surface area contributed by atoms with Crippen LogP contribution in [0.25, 0.3) is 27.8 Å². The number of benzene rings is 3. The van der Waals surface area contributed by atoms with E-state index >= 15 is 0 Å². The molecule has 33 heavy (non-hydrogen) atoms. The summed E-state index contributed by atoms with van der Waals surface area (Å²) >= 11 is 0. The second-order valence-electron chi connectivity index (χ2n) is 7.97. The third-order valence-electron chi connectivity index (χ3n) is 5.00. The Morgan fingerprint density at radius 2 is 1.21 bits per heavy atom. The lowest BCUT2D eigenvalue weighted by atomic mass is 9.92. The molecule has 0 amide bonds. The smallest absolute Gasteiger partial charge is 0.338 e. The zero-order valence-electron chi connectivity index (χ0n) is 19.2. The van der Waals surface area contributed by atoms with Gasteiger partial charge in [0.2, 0.25) is 5.90 Å². The Morgan fingerprint density at radius 1 is 0.697 bits per heavy atom. The van der Waals surface area contributed by atoms with Crippen LogP contribution in [0.5, 0.6) is 11.5 Å². The van der Waals surface area contributed by atoms with Gasteiger partial charge in [0.1, 0.15) is 11.5 Å². The van der Waals surface area contributed by atoms with Crippen LogP contribution in [0.15, 0.2) is 97.6 Å². The van der Waals surface area contributed by atoms with E-state index in [1.807, 2.05) is 43.3 Å². The number of ether oxygens (including phenoxy) is 2. The first-order chi connectivity index (χ1) is 15.7. The lowest BCUT2D eigenvalue weighted by Crippen LogP contribution is -2.07. The van der Waals surface area contributed by atoms with Gasteiger partial charge in [-0.3, -0.25) is 5.41 Å². The molecule has 1 N–H and O–H groups in total. The molecule has 0 unspecified atom stereocenters. The third-order valence-corrected chi connectivity index (χ3v) is 5.00. The molecule has 0 aromatic heterocycles. The largest absolute Gasteiger partial charge is 0.439 e. The molecule has 0 aliphatic carbocycles. The molecule has 0 aliphatic heterocycles. The molecule has 0 radical (unpaired) electrons. The van der Waals surface area contributed by atoms with Crippen molar-refractivity contribution in [1.82, 2.24) is 0 Å². The van der Waals surface area contributed by atoms with Crippen LogP contribution in [0, 0.1) is 5.41 Å². The van der Waals surface area contributed by atoms with Gasteiger partial charge in [-0.25, -0.2) is 4.79 Å². The Balaban J connectivity index is 1.87. The number of carbonyl (C=O) groups is 1. The summed E-state index contributed by atoms with van der Waals surface area (Å²) in [4.78, 5) is 11.7.